The molecule has 6 nitrogen and oxygen atoms in total. The first-order chi connectivity index (χ1) is 12.9. The average Bonchev–Trinajstić information content (AvgIpc) is 2.90. The van der Waals surface area contributed by atoms with Crippen molar-refractivity contribution in [2.75, 3.05) is 13.7 Å². The molecule has 3 amide bonds. The molecule has 1 heterocycles. The Morgan fingerprint density at radius 1 is 1.26 bits per heavy atom. The van der Waals surface area contributed by atoms with Gasteiger partial charge in [-0.25, -0.2) is 4.39 Å². The molecule has 7 heteroatoms. The molecule has 2 aliphatic rings. The van der Waals surface area contributed by atoms with Crippen molar-refractivity contribution < 1.29 is 23.5 Å². The van der Waals surface area contributed by atoms with Crippen LogP contribution in [0.3, 0.4) is 0 Å². The van der Waals surface area contributed by atoms with Crippen molar-refractivity contribution in [2.45, 2.75) is 45.1 Å². The van der Waals surface area contributed by atoms with Gasteiger partial charge >= 0.3 is 0 Å². The molecule has 1 saturated heterocycles. The van der Waals surface area contributed by atoms with Crippen LogP contribution in [0.25, 0.3) is 0 Å². The fraction of sp³-hybridized carbons (Fsp3) is 0.550. The van der Waals surface area contributed by atoms with Crippen LogP contribution in [0, 0.1) is 17.7 Å². The third kappa shape index (κ3) is 3.96. The highest BCUT2D eigenvalue weighted by Crippen LogP contribution is 2.38. The third-order valence-corrected chi connectivity index (χ3v) is 5.55. The topological polar surface area (TPSA) is 75.7 Å². The number of fused-ring (bicyclic) bond motifs is 1. The highest BCUT2D eigenvalue weighted by Gasteiger charge is 2.47. The summed E-state index contributed by atoms with van der Waals surface area (Å²) in [6.45, 7) is 1.85. The number of hydrogen-bond donors (Lipinski definition) is 1. The van der Waals surface area contributed by atoms with E-state index in [2.05, 4.69) is 5.32 Å². The van der Waals surface area contributed by atoms with Crippen LogP contribution in [0.2, 0.25) is 0 Å². The number of halogens is 1. The summed E-state index contributed by atoms with van der Waals surface area (Å²) in [5, 5.41) is 2.78. The van der Waals surface area contributed by atoms with Crippen molar-refractivity contribution >= 4 is 17.7 Å². The van der Waals surface area contributed by atoms with E-state index in [0.717, 1.165) is 25.7 Å². The van der Waals surface area contributed by atoms with E-state index in [9.17, 15) is 18.8 Å². The standard InChI is InChI=1S/C20H25FN2O4/c1-12(13-7-8-17(27-2)16(21)11-13)22-18(24)9-10-23-19(25)14-5-3-4-6-15(14)20(23)26/h7-8,11-12,14-15H,3-6,9-10H2,1-2H3,(H,22,24)/t12-,14-,15+/m0/s1. The second-order valence-electron chi connectivity index (χ2n) is 7.26. The zero-order chi connectivity index (χ0) is 19.6. The maximum absolute atomic E-state index is 13.8. The number of nitrogens with one attached hydrogen (secondary N) is 1. The molecule has 1 aromatic rings. The Labute approximate surface area is 158 Å². The number of carbonyl (C=O) groups is 3. The highest BCUT2D eigenvalue weighted by molar-refractivity contribution is 6.05. The molecule has 2 fully saturated rings. The third-order valence-electron chi connectivity index (χ3n) is 5.55. The molecule has 0 spiro atoms. The van der Waals surface area contributed by atoms with Crippen molar-refractivity contribution in [1.82, 2.24) is 10.2 Å². The molecule has 1 saturated carbocycles. The lowest BCUT2D eigenvalue weighted by Gasteiger charge is -2.19. The SMILES string of the molecule is COc1ccc([C@H](C)NC(=O)CCN2C(=O)[C@H]3CCCC[C@H]3C2=O)cc1F. The summed E-state index contributed by atoms with van der Waals surface area (Å²) in [6, 6.07) is 4.12. The van der Waals surface area contributed by atoms with Crippen LogP contribution in [-0.4, -0.2) is 36.3 Å². The number of amides is 3. The quantitative estimate of drug-likeness (QED) is 0.775. The Bertz CT molecular complexity index is 727. The second-order valence-corrected chi connectivity index (χ2v) is 7.26. The molecule has 0 bridgehead atoms. The van der Waals surface area contributed by atoms with Gasteiger partial charge in [-0.05, 0) is 37.5 Å². The number of benzene rings is 1. The maximum atomic E-state index is 13.8. The minimum atomic E-state index is -0.494. The average molecular weight is 376 g/mol. The predicted octanol–water partition coefficient (Wildman–Crippen LogP) is 2.58. The Morgan fingerprint density at radius 3 is 2.44 bits per heavy atom. The number of nitrogens with zero attached hydrogens (tertiary/aromatic N) is 1. The molecule has 3 atom stereocenters. The number of rotatable bonds is 6. The zero-order valence-electron chi connectivity index (χ0n) is 15.7. The lowest BCUT2D eigenvalue weighted by molar-refractivity contribution is -0.140. The number of carbonyl (C=O) groups excluding carboxylic acids is 3. The van der Waals surface area contributed by atoms with Gasteiger partial charge in [-0.2, -0.15) is 0 Å². The van der Waals surface area contributed by atoms with Crippen molar-refractivity contribution in [2.24, 2.45) is 11.8 Å². The Balaban J connectivity index is 1.54. The summed E-state index contributed by atoms with van der Waals surface area (Å²) in [5.41, 5.74) is 0.612. The van der Waals surface area contributed by atoms with E-state index in [1.807, 2.05) is 0 Å². The van der Waals surface area contributed by atoms with E-state index >= 15 is 0 Å². The van der Waals surface area contributed by atoms with E-state index in [-0.39, 0.29) is 48.3 Å². The summed E-state index contributed by atoms with van der Waals surface area (Å²) >= 11 is 0. The van der Waals surface area contributed by atoms with Gasteiger partial charge in [0.1, 0.15) is 0 Å². The van der Waals surface area contributed by atoms with Crippen LogP contribution in [-0.2, 0) is 14.4 Å². The number of hydrogen-bond acceptors (Lipinski definition) is 4. The molecule has 1 aliphatic heterocycles. The summed E-state index contributed by atoms with van der Waals surface area (Å²) in [7, 11) is 1.39. The molecule has 1 aliphatic carbocycles. The van der Waals surface area contributed by atoms with E-state index in [1.165, 1.54) is 24.1 Å². The molecule has 0 unspecified atom stereocenters. The first kappa shape index (κ1) is 19.3. The lowest BCUT2D eigenvalue weighted by Crippen LogP contribution is -2.36. The number of ether oxygens (including phenoxy) is 1. The summed E-state index contributed by atoms with van der Waals surface area (Å²) in [6.07, 6.45) is 3.52. The molecular formula is C20H25FN2O4. The lowest BCUT2D eigenvalue weighted by atomic mass is 9.81. The fourth-order valence-electron chi connectivity index (χ4n) is 4.01. The van der Waals surface area contributed by atoms with Gasteiger partial charge in [0.2, 0.25) is 17.7 Å². The zero-order valence-corrected chi connectivity index (χ0v) is 15.7. The van der Waals surface area contributed by atoms with Crippen molar-refractivity contribution in [3.63, 3.8) is 0 Å². The molecular weight excluding hydrogens is 351 g/mol. The van der Waals surface area contributed by atoms with E-state index in [1.54, 1.807) is 13.0 Å². The Hall–Kier alpha value is -2.44. The fourth-order valence-corrected chi connectivity index (χ4v) is 4.01. The van der Waals surface area contributed by atoms with Gasteiger partial charge in [-0.3, -0.25) is 19.3 Å². The van der Waals surface area contributed by atoms with Gasteiger partial charge in [0, 0.05) is 13.0 Å². The van der Waals surface area contributed by atoms with Gasteiger partial charge in [0.15, 0.2) is 11.6 Å². The van der Waals surface area contributed by atoms with Gasteiger partial charge in [-0.15, -0.1) is 0 Å². The van der Waals surface area contributed by atoms with Gasteiger partial charge < -0.3 is 10.1 Å². The van der Waals surface area contributed by atoms with Gasteiger partial charge in [-0.1, -0.05) is 18.9 Å². The first-order valence-corrected chi connectivity index (χ1v) is 9.40. The summed E-state index contributed by atoms with van der Waals surface area (Å²) in [5.74, 6) is -1.30. The van der Waals surface area contributed by atoms with Crippen molar-refractivity contribution in [1.29, 1.82) is 0 Å². The largest absolute Gasteiger partial charge is 0.494 e. The Morgan fingerprint density at radius 2 is 1.89 bits per heavy atom. The smallest absolute Gasteiger partial charge is 0.233 e. The minimum absolute atomic E-state index is 0.0416. The Kier molecular flexibility index (Phi) is 5.77. The summed E-state index contributed by atoms with van der Waals surface area (Å²) in [4.78, 5) is 38.3. The predicted molar refractivity (Wildman–Crippen MR) is 96.3 cm³/mol. The number of methoxy groups -OCH3 is 1. The van der Waals surface area contributed by atoms with E-state index in [4.69, 9.17) is 4.74 Å². The molecule has 0 radical (unpaired) electrons. The van der Waals surface area contributed by atoms with Crippen LogP contribution >= 0.6 is 0 Å². The van der Waals surface area contributed by atoms with Crippen LogP contribution in [0.15, 0.2) is 18.2 Å². The molecule has 27 heavy (non-hydrogen) atoms. The molecule has 146 valence electrons. The monoisotopic (exact) mass is 376 g/mol. The van der Waals surface area contributed by atoms with Crippen LogP contribution in [0.1, 0.15) is 50.6 Å². The second kappa shape index (κ2) is 8.06. The normalized spacial score (nSPS) is 23.1. The minimum Gasteiger partial charge on any atom is -0.494 e. The number of imide groups is 1. The van der Waals surface area contributed by atoms with E-state index < -0.39 is 11.9 Å². The summed E-state index contributed by atoms with van der Waals surface area (Å²) < 4.78 is 18.7. The van der Waals surface area contributed by atoms with Gasteiger partial charge in [0.25, 0.3) is 0 Å². The van der Waals surface area contributed by atoms with Gasteiger partial charge in [0.05, 0.1) is 25.0 Å². The maximum Gasteiger partial charge on any atom is 0.233 e. The van der Waals surface area contributed by atoms with E-state index in [0.29, 0.717) is 5.56 Å². The number of likely N-dealkylation sites (tertiary alicyclic amines) is 1. The molecule has 0 aromatic heterocycles. The van der Waals surface area contributed by atoms with Crippen LogP contribution in [0.4, 0.5) is 4.39 Å². The van der Waals surface area contributed by atoms with Crippen LogP contribution < -0.4 is 10.1 Å². The molecule has 3 rings (SSSR count). The first-order valence-electron chi connectivity index (χ1n) is 9.40. The van der Waals surface area contributed by atoms with Crippen molar-refractivity contribution in [3.05, 3.63) is 29.6 Å². The highest BCUT2D eigenvalue weighted by atomic mass is 19.1. The van der Waals surface area contributed by atoms with Crippen molar-refractivity contribution in [3.8, 4) is 5.75 Å². The molecule has 1 N–H and O–H groups in total. The molecule has 1 aromatic carbocycles. The van der Waals surface area contributed by atoms with Crippen LogP contribution in [0.5, 0.6) is 5.75 Å².